The lowest BCUT2D eigenvalue weighted by atomic mass is 9.97. The fourth-order valence-electron chi connectivity index (χ4n) is 3.89. The van der Waals surface area contributed by atoms with Crippen LogP contribution in [0.25, 0.3) is 0 Å². The van der Waals surface area contributed by atoms with Crippen molar-refractivity contribution in [2.45, 2.75) is 50.8 Å². The SMILES string of the molecule is CC(C)n1nccc1[C@H]1OCC[C@@H]1C(=O)N[C@H]1C[C@H]1c1ccccc1F. The highest BCUT2D eigenvalue weighted by molar-refractivity contribution is 5.80. The molecule has 6 heteroatoms. The molecule has 0 bridgehead atoms. The van der Waals surface area contributed by atoms with Crippen LogP contribution in [0.1, 0.15) is 56.0 Å². The molecule has 1 aromatic heterocycles. The molecular weight excluding hydrogens is 333 g/mol. The molecule has 1 aliphatic heterocycles. The largest absolute Gasteiger partial charge is 0.371 e. The van der Waals surface area contributed by atoms with Crippen molar-refractivity contribution in [1.82, 2.24) is 15.1 Å². The molecule has 2 fully saturated rings. The molecular formula is C20H24FN3O2. The monoisotopic (exact) mass is 357 g/mol. The maximum atomic E-state index is 13.9. The van der Waals surface area contributed by atoms with Gasteiger partial charge in [0.1, 0.15) is 11.9 Å². The van der Waals surface area contributed by atoms with E-state index < -0.39 is 0 Å². The van der Waals surface area contributed by atoms with Crippen LogP contribution >= 0.6 is 0 Å². The van der Waals surface area contributed by atoms with Gasteiger partial charge in [0.05, 0.1) is 11.6 Å². The summed E-state index contributed by atoms with van der Waals surface area (Å²) >= 11 is 0. The molecule has 1 saturated heterocycles. The summed E-state index contributed by atoms with van der Waals surface area (Å²) in [6, 6.07) is 8.94. The van der Waals surface area contributed by atoms with Crippen LogP contribution < -0.4 is 5.32 Å². The Hall–Kier alpha value is -2.21. The average molecular weight is 357 g/mol. The molecule has 0 unspecified atom stereocenters. The van der Waals surface area contributed by atoms with Crippen LogP contribution in [0.5, 0.6) is 0 Å². The van der Waals surface area contributed by atoms with Crippen LogP contribution in [0.3, 0.4) is 0 Å². The number of hydrogen-bond acceptors (Lipinski definition) is 3. The van der Waals surface area contributed by atoms with E-state index in [1.165, 1.54) is 6.07 Å². The number of ether oxygens (including phenoxy) is 1. The summed E-state index contributed by atoms with van der Waals surface area (Å²) in [7, 11) is 0. The lowest BCUT2D eigenvalue weighted by Crippen LogP contribution is -2.35. The first kappa shape index (κ1) is 17.2. The summed E-state index contributed by atoms with van der Waals surface area (Å²) in [5.74, 6) is -0.363. The van der Waals surface area contributed by atoms with Gasteiger partial charge in [-0.05, 0) is 44.4 Å². The maximum absolute atomic E-state index is 13.9. The van der Waals surface area contributed by atoms with Crippen molar-refractivity contribution >= 4 is 5.91 Å². The minimum absolute atomic E-state index is 0.00662. The van der Waals surface area contributed by atoms with Crippen LogP contribution in [-0.4, -0.2) is 28.3 Å². The van der Waals surface area contributed by atoms with Gasteiger partial charge in [0.2, 0.25) is 5.91 Å². The molecule has 1 aliphatic carbocycles. The zero-order valence-electron chi connectivity index (χ0n) is 15.1. The zero-order chi connectivity index (χ0) is 18.3. The summed E-state index contributed by atoms with van der Waals surface area (Å²) < 4.78 is 21.7. The predicted octanol–water partition coefficient (Wildman–Crippen LogP) is 3.35. The van der Waals surface area contributed by atoms with Gasteiger partial charge < -0.3 is 10.1 Å². The van der Waals surface area contributed by atoms with Gasteiger partial charge in [0.25, 0.3) is 0 Å². The number of hydrogen-bond donors (Lipinski definition) is 1. The number of carbonyl (C=O) groups is 1. The van der Waals surface area contributed by atoms with Gasteiger partial charge in [-0.2, -0.15) is 5.10 Å². The maximum Gasteiger partial charge on any atom is 0.226 e. The third kappa shape index (κ3) is 3.14. The number of benzene rings is 1. The third-order valence-corrected chi connectivity index (χ3v) is 5.33. The minimum atomic E-state index is -0.273. The van der Waals surface area contributed by atoms with E-state index in [2.05, 4.69) is 24.3 Å². The molecule has 26 heavy (non-hydrogen) atoms. The Morgan fingerprint density at radius 2 is 2.15 bits per heavy atom. The second kappa shape index (κ2) is 6.83. The van der Waals surface area contributed by atoms with Crippen LogP contribution in [0.15, 0.2) is 36.5 Å². The number of halogens is 1. The van der Waals surface area contributed by atoms with Gasteiger partial charge >= 0.3 is 0 Å². The van der Waals surface area contributed by atoms with Crippen LogP contribution in [0, 0.1) is 11.7 Å². The van der Waals surface area contributed by atoms with Gasteiger partial charge in [-0.1, -0.05) is 18.2 Å². The van der Waals surface area contributed by atoms with E-state index in [0.29, 0.717) is 18.6 Å². The van der Waals surface area contributed by atoms with Crippen molar-refractivity contribution in [2.24, 2.45) is 5.92 Å². The van der Waals surface area contributed by atoms with E-state index >= 15 is 0 Å². The molecule has 4 rings (SSSR count). The quantitative estimate of drug-likeness (QED) is 0.893. The first-order valence-corrected chi connectivity index (χ1v) is 9.26. The van der Waals surface area contributed by atoms with Crippen molar-refractivity contribution in [3.8, 4) is 0 Å². The van der Waals surface area contributed by atoms with Crippen molar-refractivity contribution in [3.05, 3.63) is 53.6 Å². The molecule has 1 amide bonds. The van der Waals surface area contributed by atoms with Crippen molar-refractivity contribution in [3.63, 3.8) is 0 Å². The van der Waals surface area contributed by atoms with E-state index in [1.807, 2.05) is 16.8 Å². The van der Waals surface area contributed by atoms with Crippen molar-refractivity contribution in [1.29, 1.82) is 0 Å². The predicted molar refractivity (Wildman–Crippen MR) is 95.1 cm³/mol. The van der Waals surface area contributed by atoms with Crippen molar-refractivity contribution < 1.29 is 13.9 Å². The normalized spacial score (nSPS) is 27.7. The molecule has 0 spiro atoms. The summed E-state index contributed by atoms with van der Waals surface area (Å²) in [6.07, 6.45) is 2.96. The number of nitrogens with zero attached hydrogens (tertiary/aromatic N) is 2. The second-order valence-corrected chi connectivity index (χ2v) is 7.46. The molecule has 2 aromatic rings. The van der Waals surface area contributed by atoms with E-state index in [-0.39, 0.29) is 41.7 Å². The molecule has 4 atom stereocenters. The van der Waals surface area contributed by atoms with Gasteiger partial charge in [-0.15, -0.1) is 0 Å². The second-order valence-electron chi connectivity index (χ2n) is 7.46. The highest BCUT2D eigenvalue weighted by Gasteiger charge is 2.44. The third-order valence-electron chi connectivity index (χ3n) is 5.33. The summed E-state index contributed by atoms with van der Waals surface area (Å²) in [5, 5.41) is 7.45. The van der Waals surface area contributed by atoms with E-state index in [0.717, 1.165) is 12.1 Å². The molecule has 1 saturated carbocycles. The smallest absolute Gasteiger partial charge is 0.226 e. The number of rotatable bonds is 5. The van der Waals surface area contributed by atoms with Gasteiger partial charge in [0.15, 0.2) is 0 Å². The summed E-state index contributed by atoms with van der Waals surface area (Å²) in [4.78, 5) is 12.8. The highest BCUT2D eigenvalue weighted by Crippen LogP contribution is 2.43. The Labute approximate surface area is 152 Å². The van der Waals surface area contributed by atoms with Crippen LogP contribution in [-0.2, 0) is 9.53 Å². The number of carbonyl (C=O) groups excluding carboxylic acids is 1. The Bertz CT molecular complexity index is 804. The first-order chi connectivity index (χ1) is 12.6. The fraction of sp³-hybridized carbons (Fsp3) is 0.500. The summed E-state index contributed by atoms with van der Waals surface area (Å²) in [5.41, 5.74) is 1.63. The number of nitrogens with one attached hydrogen (secondary N) is 1. The molecule has 1 N–H and O–H groups in total. The van der Waals surface area contributed by atoms with Gasteiger partial charge in [0, 0.05) is 30.8 Å². The lowest BCUT2D eigenvalue weighted by molar-refractivity contribution is -0.127. The van der Waals surface area contributed by atoms with E-state index in [1.54, 1.807) is 18.3 Å². The standard InChI is InChI=1S/C20H24FN3O2/c1-12(2)24-18(7-9-22-24)19-14(8-10-26-19)20(25)23-17-11-15(17)13-5-3-4-6-16(13)21/h3-7,9,12,14-15,17,19H,8,10-11H2,1-2H3,(H,23,25)/t14-,15-,17-,19-/m0/s1. The minimum Gasteiger partial charge on any atom is -0.371 e. The number of amides is 1. The van der Waals surface area contributed by atoms with Crippen LogP contribution in [0.2, 0.25) is 0 Å². The Morgan fingerprint density at radius 3 is 2.92 bits per heavy atom. The fourth-order valence-corrected chi connectivity index (χ4v) is 3.89. The first-order valence-electron chi connectivity index (χ1n) is 9.26. The van der Waals surface area contributed by atoms with Gasteiger partial charge in [-0.3, -0.25) is 9.48 Å². The Balaban J connectivity index is 1.44. The van der Waals surface area contributed by atoms with E-state index in [9.17, 15) is 9.18 Å². The zero-order valence-corrected chi connectivity index (χ0v) is 15.1. The molecule has 2 heterocycles. The topological polar surface area (TPSA) is 56.2 Å². The highest BCUT2D eigenvalue weighted by atomic mass is 19.1. The molecule has 0 radical (unpaired) electrons. The summed E-state index contributed by atoms with van der Waals surface area (Å²) in [6.45, 7) is 4.68. The lowest BCUT2D eigenvalue weighted by Gasteiger charge is -2.21. The Morgan fingerprint density at radius 1 is 1.35 bits per heavy atom. The number of aromatic nitrogens is 2. The molecule has 1 aromatic carbocycles. The van der Waals surface area contributed by atoms with E-state index in [4.69, 9.17) is 4.74 Å². The molecule has 5 nitrogen and oxygen atoms in total. The Kier molecular flexibility index (Phi) is 4.53. The van der Waals surface area contributed by atoms with Gasteiger partial charge in [-0.25, -0.2) is 4.39 Å². The molecule has 138 valence electrons. The molecule has 2 aliphatic rings. The average Bonchev–Trinajstić information content (AvgIpc) is 3.04. The van der Waals surface area contributed by atoms with Crippen LogP contribution in [0.4, 0.5) is 4.39 Å². The van der Waals surface area contributed by atoms with Crippen molar-refractivity contribution in [2.75, 3.05) is 6.61 Å².